The van der Waals surface area contributed by atoms with Crippen LogP contribution in [0.3, 0.4) is 0 Å². The van der Waals surface area contributed by atoms with E-state index in [4.69, 9.17) is 0 Å². The molecule has 0 aliphatic heterocycles. The molecule has 1 heteroatoms. The number of hydrogen-bond acceptors (Lipinski definition) is 1. The second kappa shape index (κ2) is 15.4. The largest absolute Gasteiger partial charge is 0.310 e. The zero-order valence-electron chi connectivity index (χ0n) is 35.0. The fraction of sp³-hybridized carbons (Fsp3) is 0.0492. The molecule has 0 N–H and O–H groups in total. The molecule has 294 valence electrons. The van der Waals surface area contributed by atoms with Crippen LogP contribution in [0.5, 0.6) is 0 Å². The Kier molecular flexibility index (Phi) is 9.24. The summed E-state index contributed by atoms with van der Waals surface area (Å²) in [5.74, 6) is 0. The summed E-state index contributed by atoms with van der Waals surface area (Å²) < 4.78 is 0. The second-order valence-corrected chi connectivity index (χ2v) is 16.9. The van der Waals surface area contributed by atoms with Gasteiger partial charge in [-0.15, -0.1) is 0 Å². The Balaban J connectivity index is 1.12. The van der Waals surface area contributed by atoms with Gasteiger partial charge in [0.15, 0.2) is 0 Å². The molecule has 1 aliphatic rings. The summed E-state index contributed by atoms with van der Waals surface area (Å²) >= 11 is 0. The Bertz CT molecular complexity index is 3160. The van der Waals surface area contributed by atoms with E-state index in [-0.39, 0.29) is 5.41 Å². The Labute approximate surface area is 364 Å². The number of nitrogens with zero attached hydrogens (tertiary/aromatic N) is 1. The topological polar surface area (TPSA) is 3.24 Å². The average Bonchev–Trinajstić information content (AvgIpc) is 3.57. The van der Waals surface area contributed by atoms with Crippen molar-refractivity contribution in [3.8, 4) is 66.8 Å². The first-order chi connectivity index (χ1) is 30.5. The molecule has 0 spiro atoms. The van der Waals surface area contributed by atoms with Crippen molar-refractivity contribution in [3.05, 3.63) is 248 Å². The molecule has 0 saturated carbocycles. The summed E-state index contributed by atoms with van der Waals surface area (Å²) in [7, 11) is 0. The first kappa shape index (κ1) is 37.3. The highest BCUT2D eigenvalue weighted by Crippen LogP contribution is 2.52. The highest BCUT2D eigenvalue weighted by molar-refractivity contribution is 6.07. The summed E-state index contributed by atoms with van der Waals surface area (Å²) in [6, 6.07) is 86.7. The van der Waals surface area contributed by atoms with Crippen LogP contribution in [0.1, 0.15) is 25.0 Å². The fourth-order valence-electron chi connectivity index (χ4n) is 9.82. The predicted octanol–water partition coefficient (Wildman–Crippen LogP) is 17.0. The number of anilines is 3. The Morgan fingerprint density at radius 2 is 0.758 bits per heavy atom. The van der Waals surface area contributed by atoms with E-state index in [1.165, 1.54) is 88.7 Å². The molecule has 1 nitrogen and oxygen atoms in total. The SMILES string of the molecule is CC1(C)c2ccccc2-c2ccc(N(c3ccc(-c4c(-c5ccccc5)cc(-c5ccccc5)cc4-c4ccccc4)cc3)c3ccc(-c4ccccc4)c4ccccc34)cc21. The summed E-state index contributed by atoms with van der Waals surface area (Å²) in [4.78, 5) is 2.47. The quantitative estimate of drug-likeness (QED) is 0.148. The third-order valence-electron chi connectivity index (χ3n) is 12.9. The van der Waals surface area contributed by atoms with E-state index in [0.29, 0.717) is 0 Å². The van der Waals surface area contributed by atoms with Crippen LogP contribution in [0.15, 0.2) is 237 Å². The van der Waals surface area contributed by atoms with E-state index in [9.17, 15) is 0 Å². The van der Waals surface area contributed by atoms with Crippen LogP contribution in [-0.4, -0.2) is 0 Å². The summed E-state index contributed by atoms with van der Waals surface area (Å²) in [6.45, 7) is 4.73. The highest BCUT2D eigenvalue weighted by Gasteiger charge is 2.36. The highest BCUT2D eigenvalue weighted by atomic mass is 15.1. The van der Waals surface area contributed by atoms with Gasteiger partial charge in [-0.05, 0) is 126 Å². The molecule has 0 unspecified atom stereocenters. The Hall–Kier alpha value is -7.74. The Morgan fingerprint density at radius 1 is 0.290 bits per heavy atom. The van der Waals surface area contributed by atoms with Crippen molar-refractivity contribution >= 4 is 27.8 Å². The molecule has 0 atom stereocenters. The van der Waals surface area contributed by atoms with Crippen LogP contribution >= 0.6 is 0 Å². The van der Waals surface area contributed by atoms with Crippen molar-refractivity contribution in [3.63, 3.8) is 0 Å². The van der Waals surface area contributed by atoms with E-state index in [2.05, 4.69) is 255 Å². The molecule has 0 amide bonds. The lowest BCUT2D eigenvalue weighted by Gasteiger charge is -2.30. The molecular weight excluding hydrogens is 747 g/mol. The molecule has 0 fully saturated rings. The van der Waals surface area contributed by atoms with Crippen molar-refractivity contribution in [2.45, 2.75) is 19.3 Å². The number of benzene rings is 10. The van der Waals surface area contributed by atoms with Crippen LogP contribution in [0, 0.1) is 0 Å². The second-order valence-electron chi connectivity index (χ2n) is 16.9. The van der Waals surface area contributed by atoms with Gasteiger partial charge in [-0.2, -0.15) is 0 Å². The maximum absolute atomic E-state index is 2.47. The lowest BCUT2D eigenvalue weighted by molar-refractivity contribution is 0.660. The minimum absolute atomic E-state index is 0.135. The number of hydrogen-bond donors (Lipinski definition) is 0. The minimum atomic E-state index is -0.135. The van der Waals surface area contributed by atoms with Gasteiger partial charge in [0, 0.05) is 22.2 Å². The van der Waals surface area contributed by atoms with E-state index in [1.54, 1.807) is 0 Å². The van der Waals surface area contributed by atoms with Gasteiger partial charge in [0.05, 0.1) is 5.69 Å². The molecule has 0 bridgehead atoms. The van der Waals surface area contributed by atoms with Crippen LogP contribution in [0.4, 0.5) is 17.1 Å². The van der Waals surface area contributed by atoms with Gasteiger partial charge in [0.25, 0.3) is 0 Å². The van der Waals surface area contributed by atoms with Gasteiger partial charge >= 0.3 is 0 Å². The van der Waals surface area contributed by atoms with Crippen molar-refractivity contribution in [2.24, 2.45) is 0 Å². The number of rotatable bonds is 8. The molecule has 0 saturated heterocycles. The Morgan fingerprint density at radius 3 is 1.37 bits per heavy atom. The smallest absolute Gasteiger partial charge is 0.0540 e. The van der Waals surface area contributed by atoms with Crippen molar-refractivity contribution in [2.75, 3.05) is 4.90 Å². The first-order valence-electron chi connectivity index (χ1n) is 21.6. The molecule has 0 radical (unpaired) electrons. The molecule has 0 heterocycles. The van der Waals surface area contributed by atoms with Gasteiger partial charge < -0.3 is 4.90 Å². The predicted molar refractivity (Wildman–Crippen MR) is 263 cm³/mol. The van der Waals surface area contributed by atoms with Crippen LogP contribution in [-0.2, 0) is 5.41 Å². The van der Waals surface area contributed by atoms with E-state index >= 15 is 0 Å². The molecule has 0 aromatic heterocycles. The average molecular weight is 792 g/mol. The van der Waals surface area contributed by atoms with Gasteiger partial charge in [0.1, 0.15) is 0 Å². The fourth-order valence-corrected chi connectivity index (χ4v) is 9.82. The van der Waals surface area contributed by atoms with Gasteiger partial charge in [-0.25, -0.2) is 0 Å². The van der Waals surface area contributed by atoms with Crippen LogP contribution in [0.25, 0.3) is 77.5 Å². The third kappa shape index (κ3) is 6.42. The lowest BCUT2D eigenvalue weighted by Crippen LogP contribution is -2.16. The van der Waals surface area contributed by atoms with Crippen molar-refractivity contribution in [1.29, 1.82) is 0 Å². The minimum Gasteiger partial charge on any atom is -0.310 e. The third-order valence-corrected chi connectivity index (χ3v) is 12.9. The molecule has 10 aromatic carbocycles. The molecule has 62 heavy (non-hydrogen) atoms. The zero-order valence-corrected chi connectivity index (χ0v) is 35.0. The number of fused-ring (bicyclic) bond motifs is 4. The summed E-state index contributed by atoms with van der Waals surface area (Å²) in [5, 5.41) is 2.43. The maximum atomic E-state index is 2.47. The van der Waals surface area contributed by atoms with Gasteiger partial charge in [0.2, 0.25) is 0 Å². The zero-order chi connectivity index (χ0) is 41.6. The summed E-state index contributed by atoms with van der Waals surface area (Å²) in [5.41, 5.74) is 20.6. The van der Waals surface area contributed by atoms with Gasteiger partial charge in [-0.1, -0.05) is 208 Å². The standard InChI is InChI=1S/C61H45N/c1-61(2)57-30-18-17-28-52(57)53-36-35-49(41-58(53)61)62(59-38-37-50(43-21-9-4-10-22-43)51-27-15-16-29-54(51)59)48-33-31-46(32-34-48)60-55(44-23-11-5-12-24-44)39-47(42-19-7-3-8-20-42)40-56(60)45-25-13-6-14-26-45/h3-41H,1-2H3. The monoisotopic (exact) mass is 791 g/mol. The van der Waals surface area contributed by atoms with E-state index < -0.39 is 0 Å². The molecular formula is C61H45N. The van der Waals surface area contributed by atoms with Crippen molar-refractivity contribution < 1.29 is 0 Å². The normalized spacial score (nSPS) is 12.5. The van der Waals surface area contributed by atoms with Crippen LogP contribution < -0.4 is 4.90 Å². The maximum Gasteiger partial charge on any atom is 0.0540 e. The van der Waals surface area contributed by atoms with Crippen LogP contribution in [0.2, 0.25) is 0 Å². The lowest BCUT2D eigenvalue weighted by atomic mass is 9.82. The van der Waals surface area contributed by atoms with Gasteiger partial charge in [-0.3, -0.25) is 0 Å². The van der Waals surface area contributed by atoms with E-state index in [0.717, 1.165) is 17.1 Å². The molecule has 1 aliphatic carbocycles. The molecule has 11 rings (SSSR count). The summed E-state index contributed by atoms with van der Waals surface area (Å²) in [6.07, 6.45) is 0. The van der Waals surface area contributed by atoms with E-state index in [1.807, 2.05) is 0 Å². The first-order valence-corrected chi connectivity index (χ1v) is 21.6. The van der Waals surface area contributed by atoms with Crippen molar-refractivity contribution in [1.82, 2.24) is 0 Å². The molecule has 10 aromatic rings.